The van der Waals surface area contributed by atoms with E-state index in [1.54, 1.807) is 6.20 Å². The monoisotopic (exact) mass is 360 g/mol. The van der Waals surface area contributed by atoms with Crippen molar-refractivity contribution in [1.29, 1.82) is 0 Å². The highest BCUT2D eigenvalue weighted by Crippen LogP contribution is 2.46. The first-order valence-corrected chi connectivity index (χ1v) is 8.22. The van der Waals surface area contributed by atoms with Gasteiger partial charge >= 0.3 is 6.18 Å². The third-order valence-electron chi connectivity index (χ3n) is 3.90. The summed E-state index contributed by atoms with van der Waals surface area (Å²) in [7, 11) is 0. The molecule has 0 aliphatic carbocycles. The van der Waals surface area contributed by atoms with Crippen molar-refractivity contribution in [2.24, 2.45) is 0 Å². The molecule has 2 N–H and O–H groups in total. The van der Waals surface area contributed by atoms with Gasteiger partial charge in [-0.2, -0.15) is 13.2 Å². The van der Waals surface area contributed by atoms with Gasteiger partial charge in [-0.1, -0.05) is 36.0 Å². The number of benzene rings is 2. The van der Waals surface area contributed by atoms with Crippen LogP contribution in [0.1, 0.15) is 5.56 Å². The van der Waals surface area contributed by atoms with Gasteiger partial charge in [-0.15, -0.1) is 0 Å². The molecule has 0 fully saturated rings. The molecule has 3 nitrogen and oxygen atoms in total. The van der Waals surface area contributed by atoms with Crippen LogP contribution in [0.25, 0.3) is 11.1 Å². The number of H-pyrrole nitrogens is 1. The van der Waals surface area contributed by atoms with Crippen LogP contribution in [-0.4, -0.2) is 4.98 Å². The van der Waals surface area contributed by atoms with Crippen LogP contribution in [0.3, 0.4) is 0 Å². The maximum Gasteiger partial charge on any atom is 0.416 e. The van der Waals surface area contributed by atoms with E-state index in [-0.39, 0.29) is 11.1 Å². The van der Waals surface area contributed by atoms with Gasteiger partial charge in [0.2, 0.25) is 0 Å². The van der Waals surface area contributed by atoms with Crippen molar-refractivity contribution in [1.82, 2.24) is 4.98 Å². The number of anilines is 2. The predicted octanol–water partition coefficient (Wildman–Crippen LogP) is 5.27. The molecule has 1 aromatic heterocycles. The highest BCUT2D eigenvalue weighted by Gasteiger charge is 2.31. The summed E-state index contributed by atoms with van der Waals surface area (Å²) < 4.78 is 39.0. The molecule has 0 radical (unpaired) electrons. The van der Waals surface area contributed by atoms with E-state index in [1.807, 2.05) is 24.3 Å². The number of aromatic nitrogens is 1. The summed E-state index contributed by atoms with van der Waals surface area (Å²) in [4.78, 5) is 16.7. The van der Waals surface area contributed by atoms with Gasteiger partial charge in [0, 0.05) is 11.1 Å². The van der Waals surface area contributed by atoms with Gasteiger partial charge in [0.1, 0.15) is 0 Å². The lowest BCUT2D eigenvalue weighted by Crippen LogP contribution is -2.14. The SMILES string of the molecule is O=c1[nH]cc2c(c1-c1cccc(C(F)(F)F)c1)Nc1ccccc1S2. The number of aromatic amines is 1. The Hall–Kier alpha value is -2.67. The van der Waals surface area contributed by atoms with Crippen LogP contribution in [0.4, 0.5) is 24.5 Å². The molecule has 25 heavy (non-hydrogen) atoms. The first-order valence-electron chi connectivity index (χ1n) is 7.41. The molecule has 0 saturated heterocycles. The number of alkyl halides is 3. The zero-order valence-corrected chi connectivity index (χ0v) is 13.5. The summed E-state index contributed by atoms with van der Waals surface area (Å²) in [6, 6.07) is 12.4. The molecule has 7 heteroatoms. The zero-order chi connectivity index (χ0) is 17.6. The molecular weight excluding hydrogens is 349 g/mol. The average Bonchev–Trinajstić information content (AvgIpc) is 2.59. The fraction of sp³-hybridized carbons (Fsp3) is 0.0556. The van der Waals surface area contributed by atoms with Crippen LogP contribution in [0.5, 0.6) is 0 Å². The third-order valence-corrected chi connectivity index (χ3v) is 5.02. The molecule has 126 valence electrons. The van der Waals surface area contributed by atoms with E-state index in [1.165, 1.54) is 23.9 Å². The highest BCUT2D eigenvalue weighted by atomic mass is 32.2. The van der Waals surface area contributed by atoms with Crippen molar-refractivity contribution < 1.29 is 13.2 Å². The Balaban J connectivity index is 1.89. The van der Waals surface area contributed by atoms with Gasteiger partial charge in [0.15, 0.2) is 0 Å². The molecule has 1 aliphatic rings. The topological polar surface area (TPSA) is 44.9 Å². The fourth-order valence-corrected chi connectivity index (χ4v) is 3.74. The summed E-state index contributed by atoms with van der Waals surface area (Å²) in [6.07, 6.45) is -2.89. The summed E-state index contributed by atoms with van der Waals surface area (Å²) in [5.74, 6) is 0. The van der Waals surface area contributed by atoms with Gasteiger partial charge in [0.05, 0.1) is 27.4 Å². The number of para-hydroxylation sites is 1. The van der Waals surface area contributed by atoms with Crippen molar-refractivity contribution in [2.75, 3.05) is 5.32 Å². The summed E-state index contributed by atoms with van der Waals surface area (Å²) in [5.41, 5.74) is 0.535. The molecular formula is C18H11F3N2OS. The van der Waals surface area contributed by atoms with Crippen molar-refractivity contribution in [3.63, 3.8) is 0 Å². The van der Waals surface area contributed by atoms with E-state index in [9.17, 15) is 18.0 Å². The predicted molar refractivity (Wildman–Crippen MR) is 91.3 cm³/mol. The molecule has 3 aromatic rings. The number of hydrogen-bond donors (Lipinski definition) is 2. The Bertz CT molecular complexity index is 1030. The van der Waals surface area contributed by atoms with E-state index in [2.05, 4.69) is 10.3 Å². The zero-order valence-electron chi connectivity index (χ0n) is 12.6. The van der Waals surface area contributed by atoms with Crippen LogP contribution >= 0.6 is 11.8 Å². The minimum absolute atomic E-state index is 0.200. The van der Waals surface area contributed by atoms with Gasteiger partial charge in [-0.3, -0.25) is 4.79 Å². The largest absolute Gasteiger partial charge is 0.416 e. The second kappa shape index (κ2) is 5.70. The molecule has 0 bridgehead atoms. The molecule has 1 aliphatic heterocycles. The highest BCUT2D eigenvalue weighted by molar-refractivity contribution is 7.99. The number of pyridine rings is 1. The van der Waals surface area contributed by atoms with E-state index in [4.69, 9.17) is 0 Å². The van der Waals surface area contributed by atoms with Crippen LogP contribution in [0.2, 0.25) is 0 Å². The molecule has 0 amide bonds. The normalized spacial score (nSPS) is 12.9. The smallest absolute Gasteiger partial charge is 0.353 e. The maximum atomic E-state index is 13.0. The second-order valence-corrected chi connectivity index (χ2v) is 6.62. The fourth-order valence-electron chi connectivity index (χ4n) is 2.76. The van der Waals surface area contributed by atoms with E-state index in [0.29, 0.717) is 5.69 Å². The summed E-state index contributed by atoms with van der Waals surface area (Å²) in [6.45, 7) is 0. The summed E-state index contributed by atoms with van der Waals surface area (Å²) in [5, 5.41) is 3.18. The number of rotatable bonds is 1. The lowest BCUT2D eigenvalue weighted by Gasteiger charge is -2.22. The second-order valence-electron chi connectivity index (χ2n) is 5.53. The Labute approximate surface area is 144 Å². The average molecular weight is 360 g/mol. The van der Waals surface area contributed by atoms with Crippen LogP contribution in [0.15, 0.2) is 69.3 Å². The summed E-state index contributed by atoms with van der Waals surface area (Å²) >= 11 is 1.45. The molecule has 2 aromatic carbocycles. The molecule has 0 saturated carbocycles. The number of halogens is 3. The van der Waals surface area contributed by atoms with E-state index < -0.39 is 17.3 Å². The first kappa shape index (κ1) is 15.8. The van der Waals surface area contributed by atoms with Crippen molar-refractivity contribution in [3.05, 3.63) is 70.6 Å². The lowest BCUT2D eigenvalue weighted by molar-refractivity contribution is -0.137. The van der Waals surface area contributed by atoms with Gasteiger partial charge in [-0.25, -0.2) is 0 Å². The van der Waals surface area contributed by atoms with E-state index in [0.717, 1.165) is 27.6 Å². The van der Waals surface area contributed by atoms with Crippen LogP contribution in [0, 0.1) is 0 Å². The molecule has 2 heterocycles. The number of nitrogens with one attached hydrogen (secondary N) is 2. The standard InChI is InChI=1S/C18H11F3N2OS/c19-18(20,21)11-5-3-4-10(8-11)15-16-14(9-22-17(15)24)25-13-7-2-1-6-12(13)23-16/h1-9,23H,(H,22,24). The Kier molecular flexibility index (Phi) is 3.61. The minimum atomic E-state index is -4.47. The van der Waals surface area contributed by atoms with Crippen LogP contribution < -0.4 is 10.9 Å². The minimum Gasteiger partial charge on any atom is -0.353 e. The van der Waals surface area contributed by atoms with Crippen molar-refractivity contribution >= 4 is 23.1 Å². The first-order chi connectivity index (χ1) is 11.9. The lowest BCUT2D eigenvalue weighted by atomic mass is 10.0. The van der Waals surface area contributed by atoms with E-state index >= 15 is 0 Å². The molecule has 0 atom stereocenters. The molecule has 0 spiro atoms. The Morgan fingerprint density at radius 3 is 2.56 bits per heavy atom. The Morgan fingerprint density at radius 2 is 1.76 bits per heavy atom. The molecule has 4 rings (SSSR count). The third kappa shape index (κ3) is 2.80. The maximum absolute atomic E-state index is 13.0. The van der Waals surface area contributed by atoms with Crippen LogP contribution in [-0.2, 0) is 6.18 Å². The van der Waals surface area contributed by atoms with Gasteiger partial charge in [-0.05, 0) is 29.8 Å². The number of hydrogen-bond acceptors (Lipinski definition) is 3. The van der Waals surface area contributed by atoms with Gasteiger partial charge < -0.3 is 10.3 Å². The molecule has 0 unspecified atom stereocenters. The Morgan fingerprint density at radius 1 is 0.960 bits per heavy atom. The number of fused-ring (bicyclic) bond motifs is 2. The van der Waals surface area contributed by atoms with Crippen molar-refractivity contribution in [3.8, 4) is 11.1 Å². The quantitative estimate of drug-likeness (QED) is 0.486. The van der Waals surface area contributed by atoms with Crippen molar-refractivity contribution in [2.45, 2.75) is 16.0 Å². The van der Waals surface area contributed by atoms with Gasteiger partial charge in [0.25, 0.3) is 5.56 Å².